The topological polar surface area (TPSA) is 34.0 Å². The lowest BCUT2D eigenvalue weighted by Gasteiger charge is -2.25. The van der Waals surface area contributed by atoms with Crippen LogP contribution in [0.1, 0.15) is 92.7 Å². The number of aromatic nitrogens is 1. The van der Waals surface area contributed by atoms with Crippen molar-refractivity contribution in [2.24, 2.45) is 5.92 Å². The molecule has 2 aliphatic rings. The summed E-state index contributed by atoms with van der Waals surface area (Å²) >= 11 is 6.42. The third-order valence-corrected chi connectivity index (χ3v) is 7.68. The molecule has 2 aromatic rings. The molecule has 1 heterocycles. The van der Waals surface area contributed by atoms with E-state index in [1.807, 2.05) is 6.07 Å². The van der Waals surface area contributed by atoms with Crippen LogP contribution >= 0.6 is 11.6 Å². The van der Waals surface area contributed by atoms with Crippen LogP contribution in [0.15, 0.2) is 24.3 Å². The Hall–Kier alpha value is -1.74. The molecule has 0 bridgehead atoms. The van der Waals surface area contributed by atoms with Crippen LogP contribution in [0.25, 0.3) is 11.3 Å². The second-order valence-electron chi connectivity index (χ2n) is 9.61. The van der Waals surface area contributed by atoms with Crippen molar-refractivity contribution in [3.05, 3.63) is 46.1 Å². The number of benzene rings is 1. The molecule has 2 aliphatic carbocycles. The Bertz CT molecular complexity index is 904. The molecule has 1 N–H and O–H groups in total. The molecular formula is C27H37ClN2O. The van der Waals surface area contributed by atoms with E-state index in [4.69, 9.17) is 11.6 Å². The average Bonchev–Trinajstić information content (AvgIpc) is 3.11. The smallest absolute Gasteiger partial charge is 0.253 e. The van der Waals surface area contributed by atoms with Gasteiger partial charge in [-0.3, -0.25) is 4.79 Å². The van der Waals surface area contributed by atoms with E-state index in [0.717, 1.165) is 47.8 Å². The molecule has 0 aliphatic heterocycles. The predicted molar refractivity (Wildman–Crippen MR) is 130 cm³/mol. The molecule has 31 heavy (non-hydrogen) atoms. The Morgan fingerprint density at radius 3 is 2.39 bits per heavy atom. The number of carbonyl (C=O) groups excluding carboxylic acids is 1. The Labute approximate surface area is 192 Å². The number of nitrogens with zero attached hydrogens (tertiary/aromatic N) is 1. The normalized spacial score (nSPS) is 18.3. The summed E-state index contributed by atoms with van der Waals surface area (Å²) in [6.45, 7) is 5.30. The van der Waals surface area contributed by atoms with Gasteiger partial charge in [0.2, 0.25) is 0 Å². The number of amides is 1. The maximum atomic E-state index is 13.3. The van der Waals surface area contributed by atoms with Crippen LogP contribution in [0.3, 0.4) is 0 Å². The minimum atomic E-state index is 0.0909. The quantitative estimate of drug-likeness (QED) is 0.501. The fourth-order valence-corrected chi connectivity index (χ4v) is 5.74. The number of hydrogen-bond donors (Lipinski definition) is 1. The third kappa shape index (κ3) is 5.19. The van der Waals surface area contributed by atoms with Crippen LogP contribution in [0, 0.1) is 12.8 Å². The summed E-state index contributed by atoms with van der Waals surface area (Å²) in [7, 11) is 0. The summed E-state index contributed by atoms with van der Waals surface area (Å²) in [6, 6.07) is 8.63. The van der Waals surface area contributed by atoms with Gasteiger partial charge in [0, 0.05) is 34.6 Å². The fourth-order valence-electron chi connectivity index (χ4n) is 5.57. The molecule has 168 valence electrons. The highest BCUT2D eigenvalue weighted by molar-refractivity contribution is 6.30. The van der Waals surface area contributed by atoms with E-state index in [2.05, 4.69) is 41.9 Å². The molecule has 0 radical (unpaired) electrons. The maximum Gasteiger partial charge on any atom is 0.253 e. The molecule has 0 atom stereocenters. The standard InChI is InChI=1S/C27H37ClN2O/c1-3-21-14-15-22(28)16-25(21)26-17-24(27(31)29-23-12-8-5-9-13-23)19(2)30(26)18-20-10-6-4-7-11-20/h14-17,20,23H,3-13,18H2,1-2H3,(H,29,31). The van der Waals surface area contributed by atoms with Gasteiger partial charge in [0.15, 0.2) is 0 Å². The van der Waals surface area contributed by atoms with Gasteiger partial charge in [-0.2, -0.15) is 0 Å². The summed E-state index contributed by atoms with van der Waals surface area (Å²) in [5, 5.41) is 4.09. The third-order valence-electron chi connectivity index (χ3n) is 7.45. The summed E-state index contributed by atoms with van der Waals surface area (Å²) in [5.74, 6) is 0.783. The van der Waals surface area contributed by atoms with E-state index in [1.165, 1.54) is 62.5 Å². The molecule has 2 saturated carbocycles. The van der Waals surface area contributed by atoms with Crippen molar-refractivity contribution in [2.45, 2.75) is 97.1 Å². The summed E-state index contributed by atoms with van der Waals surface area (Å²) in [4.78, 5) is 13.3. The second kappa shape index (κ2) is 10.3. The number of aryl methyl sites for hydroxylation is 1. The van der Waals surface area contributed by atoms with E-state index in [1.54, 1.807) is 0 Å². The van der Waals surface area contributed by atoms with E-state index >= 15 is 0 Å². The van der Waals surface area contributed by atoms with Crippen molar-refractivity contribution >= 4 is 17.5 Å². The molecule has 1 amide bonds. The Morgan fingerprint density at radius 1 is 1.03 bits per heavy atom. The van der Waals surface area contributed by atoms with Crippen LogP contribution in [-0.2, 0) is 13.0 Å². The first-order valence-electron chi connectivity index (χ1n) is 12.4. The fraction of sp³-hybridized carbons (Fsp3) is 0.593. The molecule has 4 heteroatoms. The van der Waals surface area contributed by atoms with Gasteiger partial charge in [0.1, 0.15) is 0 Å². The Morgan fingerprint density at radius 2 is 1.71 bits per heavy atom. The zero-order chi connectivity index (χ0) is 21.8. The van der Waals surface area contributed by atoms with Crippen molar-refractivity contribution < 1.29 is 4.79 Å². The summed E-state index contributed by atoms with van der Waals surface area (Å²) < 4.78 is 2.41. The SMILES string of the molecule is CCc1ccc(Cl)cc1-c1cc(C(=O)NC2CCCCC2)c(C)n1CC1CCCCC1. The van der Waals surface area contributed by atoms with Crippen molar-refractivity contribution in [1.29, 1.82) is 0 Å². The highest BCUT2D eigenvalue weighted by Gasteiger charge is 2.25. The number of hydrogen-bond acceptors (Lipinski definition) is 1. The Kier molecular flexibility index (Phi) is 7.43. The van der Waals surface area contributed by atoms with Crippen molar-refractivity contribution in [2.75, 3.05) is 0 Å². The highest BCUT2D eigenvalue weighted by Crippen LogP contribution is 2.34. The van der Waals surface area contributed by atoms with Gasteiger partial charge in [-0.05, 0) is 68.7 Å². The Balaban J connectivity index is 1.70. The summed E-state index contributed by atoms with van der Waals surface area (Å²) in [6.07, 6.45) is 13.5. The van der Waals surface area contributed by atoms with Gasteiger partial charge in [-0.1, -0.05) is 63.1 Å². The first-order chi connectivity index (χ1) is 15.1. The minimum absolute atomic E-state index is 0.0909. The van der Waals surface area contributed by atoms with Gasteiger partial charge in [-0.15, -0.1) is 0 Å². The lowest BCUT2D eigenvalue weighted by atomic mass is 9.89. The van der Waals surface area contributed by atoms with Crippen molar-refractivity contribution in [3.63, 3.8) is 0 Å². The van der Waals surface area contributed by atoms with E-state index in [0.29, 0.717) is 12.0 Å². The van der Waals surface area contributed by atoms with Crippen LogP contribution < -0.4 is 5.32 Å². The maximum absolute atomic E-state index is 13.3. The van der Waals surface area contributed by atoms with Gasteiger partial charge in [-0.25, -0.2) is 0 Å². The number of nitrogens with one attached hydrogen (secondary N) is 1. The molecule has 1 aromatic carbocycles. The molecule has 3 nitrogen and oxygen atoms in total. The van der Waals surface area contributed by atoms with E-state index in [-0.39, 0.29) is 5.91 Å². The molecule has 0 unspecified atom stereocenters. The van der Waals surface area contributed by atoms with Gasteiger partial charge >= 0.3 is 0 Å². The lowest BCUT2D eigenvalue weighted by molar-refractivity contribution is 0.0927. The lowest BCUT2D eigenvalue weighted by Crippen LogP contribution is -2.36. The van der Waals surface area contributed by atoms with E-state index < -0.39 is 0 Å². The van der Waals surface area contributed by atoms with Crippen LogP contribution in [0.2, 0.25) is 5.02 Å². The molecular weight excluding hydrogens is 404 g/mol. The summed E-state index contributed by atoms with van der Waals surface area (Å²) in [5.41, 5.74) is 5.53. The van der Waals surface area contributed by atoms with Crippen LogP contribution in [0.4, 0.5) is 0 Å². The number of halogens is 1. The minimum Gasteiger partial charge on any atom is -0.349 e. The first kappa shape index (κ1) is 22.5. The molecule has 2 fully saturated rings. The first-order valence-corrected chi connectivity index (χ1v) is 12.7. The number of rotatable bonds is 6. The zero-order valence-electron chi connectivity index (χ0n) is 19.2. The molecule has 0 spiro atoms. The molecule has 4 rings (SSSR count). The largest absolute Gasteiger partial charge is 0.349 e. The predicted octanol–water partition coefficient (Wildman–Crippen LogP) is 7.32. The highest BCUT2D eigenvalue weighted by atomic mass is 35.5. The van der Waals surface area contributed by atoms with Gasteiger partial charge in [0.05, 0.1) is 5.56 Å². The van der Waals surface area contributed by atoms with Crippen molar-refractivity contribution in [1.82, 2.24) is 9.88 Å². The van der Waals surface area contributed by atoms with Crippen molar-refractivity contribution in [3.8, 4) is 11.3 Å². The molecule has 0 saturated heterocycles. The average molecular weight is 441 g/mol. The zero-order valence-corrected chi connectivity index (χ0v) is 19.9. The van der Waals surface area contributed by atoms with Crippen LogP contribution in [-0.4, -0.2) is 16.5 Å². The van der Waals surface area contributed by atoms with Crippen LogP contribution in [0.5, 0.6) is 0 Å². The second-order valence-corrected chi connectivity index (χ2v) is 10.0. The van der Waals surface area contributed by atoms with Gasteiger partial charge < -0.3 is 9.88 Å². The molecule has 1 aromatic heterocycles. The van der Waals surface area contributed by atoms with E-state index in [9.17, 15) is 4.79 Å². The monoisotopic (exact) mass is 440 g/mol. The number of carbonyl (C=O) groups is 1. The van der Waals surface area contributed by atoms with Gasteiger partial charge in [0.25, 0.3) is 5.91 Å².